The van der Waals surface area contributed by atoms with Gasteiger partial charge in [0, 0.05) is 37.4 Å². The van der Waals surface area contributed by atoms with Crippen LogP contribution in [0.3, 0.4) is 0 Å². The van der Waals surface area contributed by atoms with Crippen molar-refractivity contribution in [2.24, 2.45) is 5.92 Å². The molecule has 0 atom stereocenters. The highest BCUT2D eigenvalue weighted by atomic mass is 35.5. The standard InChI is InChI=1S/C13H20ClN3O/c1-10(2)9-17-8-5-15-12(13(17)18)16-6-3-11(14)4-7-16/h5,8,10-11H,3-4,6-7,9H2,1-2H3. The van der Waals surface area contributed by atoms with Crippen LogP contribution in [0.1, 0.15) is 26.7 Å². The van der Waals surface area contributed by atoms with E-state index in [1.165, 1.54) is 0 Å². The molecular formula is C13H20ClN3O. The number of aromatic nitrogens is 2. The molecule has 5 heteroatoms. The summed E-state index contributed by atoms with van der Waals surface area (Å²) in [5.41, 5.74) is 0.0132. The molecule has 1 aliphatic rings. The average Bonchev–Trinajstić information content (AvgIpc) is 2.33. The molecule has 0 aromatic carbocycles. The minimum atomic E-state index is 0.0132. The van der Waals surface area contributed by atoms with Crippen molar-refractivity contribution in [1.29, 1.82) is 0 Å². The maximum Gasteiger partial charge on any atom is 0.293 e. The van der Waals surface area contributed by atoms with Crippen molar-refractivity contribution in [2.45, 2.75) is 38.6 Å². The summed E-state index contributed by atoms with van der Waals surface area (Å²) >= 11 is 6.08. The number of nitrogens with zero attached hydrogens (tertiary/aromatic N) is 3. The van der Waals surface area contributed by atoms with E-state index in [9.17, 15) is 4.79 Å². The number of rotatable bonds is 3. The summed E-state index contributed by atoms with van der Waals surface area (Å²) in [6.07, 6.45) is 5.32. The van der Waals surface area contributed by atoms with Gasteiger partial charge in [-0.2, -0.15) is 0 Å². The van der Waals surface area contributed by atoms with Gasteiger partial charge in [-0.3, -0.25) is 4.79 Å². The van der Waals surface area contributed by atoms with Crippen molar-refractivity contribution in [2.75, 3.05) is 18.0 Å². The van der Waals surface area contributed by atoms with E-state index >= 15 is 0 Å². The molecule has 1 fully saturated rings. The van der Waals surface area contributed by atoms with E-state index in [4.69, 9.17) is 11.6 Å². The topological polar surface area (TPSA) is 38.1 Å². The quantitative estimate of drug-likeness (QED) is 0.789. The van der Waals surface area contributed by atoms with Crippen LogP contribution in [-0.4, -0.2) is 28.0 Å². The lowest BCUT2D eigenvalue weighted by Gasteiger charge is -2.29. The molecule has 0 amide bonds. The van der Waals surface area contributed by atoms with Gasteiger partial charge in [0.2, 0.25) is 0 Å². The lowest BCUT2D eigenvalue weighted by molar-refractivity contribution is 0.504. The third-order valence-electron chi connectivity index (χ3n) is 3.18. The molecule has 1 aromatic heterocycles. The van der Waals surface area contributed by atoms with Gasteiger partial charge < -0.3 is 9.47 Å². The largest absolute Gasteiger partial charge is 0.352 e. The van der Waals surface area contributed by atoms with Crippen LogP contribution in [0.5, 0.6) is 0 Å². The van der Waals surface area contributed by atoms with E-state index in [0.717, 1.165) is 32.5 Å². The molecule has 2 rings (SSSR count). The Kier molecular flexibility index (Phi) is 4.27. The van der Waals surface area contributed by atoms with Gasteiger partial charge in [-0.15, -0.1) is 11.6 Å². The van der Waals surface area contributed by atoms with Crippen LogP contribution in [0.2, 0.25) is 0 Å². The fourth-order valence-electron chi connectivity index (χ4n) is 2.25. The zero-order chi connectivity index (χ0) is 13.1. The first-order valence-electron chi connectivity index (χ1n) is 6.52. The normalized spacial score (nSPS) is 17.4. The highest BCUT2D eigenvalue weighted by molar-refractivity contribution is 6.20. The van der Waals surface area contributed by atoms with E-state index in [-0.39, 0.29) is 10.9 Å². The van der Waals surface area contributed by atoms with Crippen molar-refractivity contribution in [3.05, 3.63) is 22.7 Å². The zero-order valence-corrected chi connectivity index (χ0v) is 11.7. The third kappa shape index (κ3) is 3.05. The molecule has 2 heterocycles. The van der Waals surface area contributed by atoms with Crippen LogP contribution in [0.4, 0.5) is 5.82 Å². The molecule has 0 unspecified atom stereocenters. The second-order valence-electron chi connectivity index (χ2n) is 5.26. The Morgan fingerprint density at radius 3 is 2.72 bits per heavy atom. The Hall–Kier alpha value is -1.03. The second-order valence-corrected chi connectivity index (χ2v) is 5.88. The number of piperidine rings is 1. The minimum Gasteiger partial charge on any atom is -0.352 e. The summed E-state index contributed by atoms with van der Waals surface area (Å²) in [5.74, 6) is 1.02. The van der Waals surface area contributed by atoms with Crippen molar-refractivity contribution in [1.82, 2.24) is 9.55 Å². The number of alkyl halides is 1. The molecule has 0 radical (unpaired) electrons. The van der Waals surface area contributed by atoms with Gasteiger partial charge in [0.25, 0.3) is 5.56 Å². The minimum absolute atomic E-state index is 0.0132. The van der Waals surface area contributed by atoms with Gasteiger partial charge in [0.1, 0.15) is 0 Å². The molecule has 0 saturated carbocycles. The SMILES string of the molecule is CC(C)Cn1ccnc(N2CCC(Cl)CC2)c1=O. The van der Waals surface area contributed by atoms with Crippen LogP contribution in [-0.2, 0) is 6.54 Å². The van der Waals surface area contributed by atoms with Crippen molar-refractivity contribution >= 4 is 17.4 Å². The number of hydrogen-bond acceptors (Lipinski definition) is 3. The van der Waals surface area contributed by atoms with E-state index in [0.29, 0.717) is 11.7 Å². The molecule has 100 valence electrons. The molecule has 0 N–H and O–H groups in total. The summed E-state index contributed by atoms with van der Waals surface area (Å²) in [4.78, 5) is 18.6. The van der Waals surface area contributed by atoms with Crippen LogP contribution in [0.15, 0.2) is 17.2 Å². The summed E-state index contributed by atoms with van der Waals surface area (Å²) in [6.45, 7) is 6.58. The maximum absolute atomic E-state index is 12.3. The molecule has 4 nitrogen and oxygen atoms in total. The van der Waals surface area contributed by atoms with Crippen molar-refractivity contribution in [3.63, 3.8) is 0 Å². The van der Waals surface area contributed by atoms with E-state index in [1.54, 1.807) is 17.0 Å². The van der Waals surface area contributed by atoms with Gasteiger partial charge in [0.05, 0.1) is 0 Å². The smallest absolute Gasteiger partial charge is 0.293 e. The van der Waals surface area contributed by atoms with Gasteiger partial charge in [-0.1, -0.05) is 13.8 Å². The monoisotopic (exact) mass is 269 g/mol. The second kappa shape index (κ2) is 5.74. The molecule has 18 heavy (non-hydrogen) atoms. The molecule has 0 aliphatic carbocycles. The first kappa shape index (κ1) is 13.4. The van der Waals surface area contributed by atoms with Crippen LogP contribution in [0, 0.1) is 5.92 Å². The Morgan fingerprint density at radius 1 is 1.44 bits per heavy atom. The molecular weight excluding hydrogens is 250 g/mol. The van der Waals surface area contributed by atoms with E-state index in [1.807, 2.05) is 0 Å². The summed E-state index contributed by atoms with van der Waals surface area (Å²) in [7, 11) is 0. The molecule has 0 spiro atoms. The maximum atomic E-state index is 12.3. The van der Waals surface area contributed by atoms with Crippen LogP contribution >= 0.6 is 11.6 Å². The Labute approximate surface area is 113 Å². The molecule has 1 aromatic rings. The lowest BCUT2D eigenvalue weighted by Crippen LogP contribution is -2.39. The van der Waals surface area contributed by atoms with Gasteiger partial charge >= 0.3 is 0 Å². The van der Waals surface area contributed by atoms with Crippen LogP contribution in [0.25, 0.3) is 0 Å². The summed E-state index contributed by atoms with van der Waals surface area (Å²) in [6, 6.07) is 0. The van der Waals surface area contributed by atoms with Gasteiger partial charge in [0.15, 0.2) is 5.82 Å². The van der Waals surface area contributed by atoms with Crippen LogP contribution < -0.4 is 10.5 Å². The summed E-state index contributed by atoms with van der Waals surface area (Å²) < 4.78 is 1.75. The first-order chi connectivity index (χ1) is 8.58. The Morgan fingerprint density at radius 2 is 2.11 bits per heavy atom. The fourth-order valence-corrected chi connectivity index (χ4v) is 2.44. The molecule has 0 bridgehead atoms. The third-order valence-corrected chi connectivity index (χ3v) is 3.62. The van der Waals surface area contributed by atoms with E-state index in [2.05, 4.69) is 23.7 Å². The van der Waals surface area contributed by atoms with Gasteiger partial charge in [-0.05, 0) is 18.8 Å². The fraction of sp³-hybridized carbons (Fsp3) is 0.692. The number of halogens is 1. The van der Waals surface area contributed by atoms with Gasteiger partial charge in [-0.25, -0.2) is 4.98 Å². The number of anilines is 1. The summed E-state index contributed by atoms with van der Waals surface area (Å²) in [5, 5.41) is 0.239. The molecule has 1 saturated heterocycles. The first-order valence-corrected chi connectivity index (χ1v) is 6.96. The number of hydrogen-bond donors (Lipinski definition) is 0. The predicted octanol–water partition coefficient (Wildman–Crippen LogP) is 2.11. The Bertz CT molecular complexity index is 450. The molecule has 1 aliphatic heterocycles. The van der Waals surface area contributed by atoms with Crippen molar-refractivity contribution < 1.29 is 0 Å². The Balaban J connectivity index is 2.20. The average molecular weight is 270 g/mol. The van der Waals surface area contributed by atoms with Crippen molar-refractivity contribution in [3.8, 4) is 0 Å². The lowest BCUT2D eigenvalue weighted by atomic mass is 10.1. The highest BCUT2D eigenvalue weighted by Gasteiger charge is 2.20. The highest BCUT2D eigenvalue weighted by Crippen LogP contribution is 2.18. The van der Waals surface area contributed by atoms with E-state index < -0.39 is 0 Å². The zero-order valence-electron chi connectivity index (χ0n) is 11.0. The predicted molar refractivity (Wildman–Crippen MR) is 74.4 cm³/mol.